The van der Waals surface area contributed by atoms with Gasteiger partial charge in [-0.05, 0) is 46.5 Å². The number of piperidine rings is 1. The van der Waals surface area contributed by atoms with E-state index in [2.05, 4.69) is 26.3 Å². The summed E-state index contributed by atoms with van der Waals surface area (Å²) in [6, 6.07) is 19.7. The third-order valence-electron chi connectivity index (χ3n) is 5.96. The van der Waals surface area contributed by atoms with E-state index in [4.69, 9.17) is 16.6 Å². The van der Waals surface area contributed by atoms with Crippen LogP contribution in [0.15, 0.2) is 77.4 Å². The van der Waals surface area contributed by atoms with Gasteiger partial charge in [0.05, 0.1) is 16.4 Å². The molecular weight excluding hydrogens is 514 g/mol. The fourth-order valence-corrected chi connectivity index (χ4v) is 4.72. The minimum Gasteiger partial charge on any atom is -0.367 e. The number of carbonyl (C=O) groups is 1. The molecule has 1 aliphatic rings. The van der Waals surface area contributed by atoms with Gasteiger partial charge in [-0.2, -0.15) is 9.61 Å². The maximum absolute atomic E-state index is 12.6. The van der Waals surface area contributed by atoms with E-state index in [0.29, 0.717) is 18.1 Å². The first-order valence-corrected chi connectivity index (χ1v) is 12.3. The third kappa shape index (κ3) is 4.86. The standard InChI is InChI=1S/C26H23BrClN5O/c27-21-17-29-33-24(16-23(31-26(21)33)20-8-4-5-9-22(20)28)30-19-12-14-32(15-13-19)25(34)11-10-18-6-2-1-3-7-18/h1-11,16-17,19,30H,12-15H2. The van der Waals surface area contributed by atoms with Gasteiger partial charge in [0.2, 0.25) is 5.91 Å². The quantitative estimate of drug-likeness (QED) is 0.321. The second-order valence-electron chi connectivity index (χ2n) is 8.22. The fraction of sp³-hybridized carbons (Fsp3) is 0.192. The van der Waals surface area contributed by atoms with Crippen LogP contribution in [0.1, 0.15) is 18.4 Å². The SMILES string of the molecule is O=C(C=Cc1ccccc1)N1CCC(Nc2cc(-c3ccccc3Cl)nc3c(Br)cnn23)CC1. The molecule has 3 heterocycles. The molecule has 1 N–H and O–H groups in total. The van der Waals surface area contributed by atoms with E-state index < -0.39 is 0 Å². The summed E-state index contributed by atoms with van der Waals surface area (Å²) in [6.07, 6.45) is 6.96. The molecule has 0 saturated carbocycles. The number of hydrogen-bond acceptors (Lipinski definition) is 4. The Morgan fingerprint density at radius 1 is 1.09 bits per heavy atom. The third-order valence-corrected chi connectivity index (χ3v) is 6.84. The molecule has 2 aromatic carbocycles. The van der Waals surface area contributed by atoms with Crippen LogP contribution in [-0.2, 0) is 4.79 Å². The molecule has 6 nitrogen and oxygen atoms in total. The molecule has 0 radical (unpaired) electrons. The van der Waals surface area contributed by atoms with Crippen molar-refractivity contribution >= 4 is 51.0 Å². The number of hydrogen-bond donors (Lipinski definition) is 1. The van der Waals surface area contributed by atoms with E-state index in [-0.39, 0.29) is 11.9 Å². The molecule has 1 amide bonds. The van der Waals surface area contributed by atoms with Gasteiger partial charge in [-0.1, -0.05) is 60.1 Å². The molecule has 8 heteroatoms. The van der Waals surface area contributed by atoms with Gasteiger partial charge in [0.25, 0.3) is 0 Å². The molecule has 4 aromatic rings. The van der Waals surface area contributed by atoms with Crippen LogP contribution in [-0.4, -0.2) is 44.5 Å². The van der Waals surface area contributed by atoms with Gasteiger partial charge in [0.15, 0.2) is 5.65 Å². The molecule has 34 heavy (non-hydrogen) atoms. The second kappa shape index (κ2) is 9.99. The van der Waals surface area contributed by atoms with Crippen molar-refractivity contribution in [1.29, 1.82) is 0 Å². The first-order chi connectivity index (χ1) is 16.6. The summed E-state index contributed by atoms with van der Waals surface area (Å²) in [4.78, 5) is 19.3. The van der Waals surface area contributed by atoms with Crippen molar-refractivity contribution in [3.05, 3.63) is 88.0 Å². The lowest BCUT2D eigenvalue weighted by Gasteiger charge is -2.32. The lowest BCUT2D eigenvalue weighted by Crippen LogP contribution is -2.42. The van der Waals surface area contributed by atoms with Crippen molar-refractivity contribution in [2.45, 2.75) is 18.9 Å². The van der Waals surface area contributed by atoms with Gasteiger partial charge in [-0.3, -0.25) is 4.79 Å². The average Bonchev–Trinajstić information content (AvgIpc) is 3.25. The molecule has 1 fully saturated rings. The van der Waals surface area contributed by atoms with Crippen LogP contribution in [0.5, 0.6) is 0 Å². The van der Waals surface area contributed by atoms with E-state index in [0.717, 1.165) is 45.6 Å². The molecule has 5 rings (SSSR count). The van der Waals surface area contributed by atoms with Gasteiger partial charge in [-0.25, -0.2) is 4.98 Å². The Balaban J connectivity index is 1.30. The summed E-state index contributed by atoms with van der Waals surface area (Å²) < 4.78 is 2.61. The number of carbonyl (C=O) groups excluding carboxylic acids is 1. The normalized spacial score (nSPS) is 14.7. The summed E-state index contributed by atoms with van der Waals surface area (Å²) in [5, 5.41) is 8.75. The molecule has 2 aromatic heterocycles. The van der Waals surface area contributed by atoms with E-state index in [1.807, 2.05) is 71.6 Å². The maximum atomic E-state index is 12.6. The Labute approximate surface area is 211 Å². The molecular formula is C26H23BrClN5O. The molecule has 1 saturated heterocycles. The number of anilines is 1. The topological polar surface area (TPSA) is 62.5 Å². The molecule has 0 aliphatic carbocycles. The molecule has 1 aliphatic heterocycles. The predicted octanol–water partition coefficient (Wildman–Crippen LogP) is 5.93. The van der Waals surface area contributed by atoms with E-state index in [9.17, 15) is 4.79 Å². The number of amides is 1. The number of likely N-dealkylation sites (tertiary alicyclic amines) is 1. The van der Waals surface area contributed by atoms with Crippen LogP contribution in [0.25, 0.3) is 23.0 Å². The highest BCUT2D eigenvalue weighted by Gasteiger charge is 2.23. The van der Waals surface area contributed by atoms with E-state index >= 15 is 0 Å². The second-order valence-corrected chi connectivity index (χ2v) is 9.48. The highest BCUT2D eigenvalue weighted by molar-refractivity contribution is 9.10. The van der Waals surface area contributed by atoms with Gasteiger partial charge >= 0.3 is 0 Å². The fourth-order valence-electron chi connectivity index (χ4n) is 4.14. The van der Waals surface area contributed by atoms with Gasteiger partial charge in [0, 0.05) is 41.9 Å². The minimum absolute atomic E-state index is 0.0469. The monoisotopic (exact) mass is 535 g/mol. The van der Waals surface area contributed by atoms with Crippen LogP contribution in [0.4, 0.5) is 5.82 Å². The smallest absolute Gasteiger partial charge is 0.246 e. The van der Waals surface area contributed by atoms with Crippen LogP contribution in [0.2, 0.25) is 5.02 Å². The Kier molecular flexibility index (Phi) is 6.65. The van der Waals surface area contributed by atoms with Crippen molar-refractivity contribution in [1.82, 2.24) is 19.5 Å². The Morgan fingerprint density at radius 2 is 1.82 bits per heavy atom. The average molecular weight is 537 g/mol. The first kappa shape index (κ1) is 22.6. The van der Waals surface area contributed by atoms with Gasteiger partial charge in [-0.15, -0.1) is 0 Å². The van der Waals surface area contributed by atoms with Gasteiger partial charge in [0.1, 0.15) is 5.82 Å². The lowest BCUT2D eigenvalue weighted by molar-refractivity contribution is -0.126. The summed E-state index contributed by atoms with van der Waals surface area (Å²) in [6.45, 7) is 1.40. The van der Waals surface area contributed by atoms with Crippen LogP contribution in [0, 0.1) is 0 Å². The molecule has 172 valence electrons. The summed E-state index contributed by atoms with van der Waals surface area (Å²) >= 11 is 9.99. The van der Waals surface area contributed by atoms with Gasteiger partial charge < -0.3 is 10.2 Å². The van der Waals surface area contributed by atoms with E-state index in [1.54, 1.807) is 16.8 Å². The van der Waals surface area contributed by atoms with Crippen molar-refractivity contribution < 1.29 is 4.79 Å². The van der Waals surface area contributed by atoms with Crippen molar-refractivity contribution in [2.24, 2.45) is 0 Å². The summed E-state index contributed by atoms with van der Waals surface area (Å²) in [7, 11) is 0. The van der Waals surface area contributed by atoms with Crippen LogP contribution >= 0.6 is 27.5 Å². The first-order valence-electron chi connectivity index (χ1n) is 11.2. The highest BCUT2D eigenvalue weighted by atomic mass is 79.9. The number of nitrogens with zero attached hydrogens (tertiary/aromatic N) is 4. The number of fused-ring (bicyclic) bond motifs is 1. The zero-order valence-corrected chi connectivity index (χ0v) is 20.7. The maximum Gasteiger partial charge on any atom is 0.246 e. The molecule has 0 unspecified atom stereocenters. The molecule has 0 atom stereocenters. The number of nitrogens with one attached hydrogen (secondary N) is 1. The highest BCUT2D eigenvalue weighted by Crippen LogP contribution is 2.31. The zero-order chi connectivity index (χ0) is 23.5. The summed E-state index contributed by atoms with van der Waals surface area (Å²) in [5.74, 6) is 0.894. The van der Waals surface area contributed by atoms with Crippen LogP contribution in [0.3, 0.4) is 0 Å². The van der Waals surface area contributed by atoms with Crippen molar-refractivity contribution in [3.8, 4) is 11.3 Å². The number of benzene rings is 2. The zero-order valence-electron chi connectivity index (χ0n) is 18.4. The Bertz CT molecular complexity index is 1350. The minimum atomic E-state index is 0.0469. The number of aromatic nitrogens is 3. The molecule has 0 spiro atoms. The predicted molar refractivity (Wildman–Crippen MR) is 140 cm³/mol. The lowest BCUT2D eigenvalue weighted by atomic mass is 10.0. The molecule has 0 bridgehead atoms. The summed E-state index contributed by atoms with van der Waals surface area (Å²) in [5.41, 5.74) is 3.39. The van der Waals surface area contributed by atoms with Crippen LogP contribution < -0.4 is 5.32 Å². The largest absolute Gasteiger partial charge is 0.367 e. The van der Waals surface area contributed by atoms with E-state index in [1.165, 1.54) is 0 Å². The van der Waals surface area contributed by atoms with Crippen molar-refractivity contribution in [2.75, 3.05) is 18.4 Å². The number of halogens is 2. The Morgan fingerprint density at radius 3 is 2.59 bits per heavy atom. The Hall–Kier alpha value is -3.16. The van der Waals surface area contributed by atoms with Crippen molar-refractivity contribution in [3.63, 3.8) is 0 Å². The number of rotatable bonds is 5.